The molecule has 0 amide bonds. The number of carbonyl (C=O) groups is 1. The lowest BCUT2D eigenvalue weighted by Gasteiger charge is -2.08. The van der Waals surface area contributed by atoms with Crippen LogP contribution in [0.15, 0.2) is 36.4 Å². The summed E-state index contributed by atoms with van der Waals surface area (Å²) in [6, 6.07) is 10.4. The van der Waals surface area contributed by atoms with E-state index in [1.807, 2.05) is 13.0 Å². The smallest absolute Gasteiger partial charge is 0.336 e. The Bertz CT molecular complexity index is 621. The van der Waals surface area contributed by atoms with E-state index in [-0.39, 0.29) is 5.56 Å². The van der Waals surface area contributed by atoms with Crippen LogP contribution in [0, 0.1) is 6.92 Å². The summed E-state index contributed by atoms with van der Waals surface area (Å²) in [5.41, 5.74) is 2.53. The summed E-state index contributed by atoms with van der Waals surface area (Å²) in [7, 11) is 0. The lowest BCUT2D eigenvalue weighted by atomic mass is 9.98. The molecule has 0 aliphatic heterocycles. The molecule has 0 aliphatic carbocycles. The van der Waals surface area contributed by atoms with Gasteiger partial charge in [-0.1, -0.05) is 47.0 Å². The lowest BCUT2D eigenvalue weighted by molar-refractivity contribution is 0.0697. The molecule has 0 bridgehead atoms. The maximum Gasteiger partial charge on any atom is 0.336 e. The fraction of sp³-hybridized carbons (Fsp3) is 0.0714. The Labute approximate surface area is 115 Å². The number of hydrogen-bond donors (Lipinski definition) is 1. The molecule has 0 aliphatic rings. The summed E-state index contributed by atoms with van der Waals surface area (Å²) < 4.78 is 0. The van der Waals surface area contributed by atoms with Crippen molar-refractivity contribution < 1.29 is 9.90 Å². The van der Waals surface area contributed by atoms with Crippen LogP contribution in [0.4, 0.5) is 0 Å². The maximum absolute atomic E-state index is 11.2. The van der Waals surface area contributed by atoms with E-state index in [0.29, 0.717) is 15.6 Å². The highest BCUT2D eigenvalue weighted by atomic mass is 35.5. The molecule has 0 unspecified atom stereocenters. The summed E-state index contributed by atoms with van der Waals surface area (Å²) in [5.74, 6) is -0.959. The van der Waals surface area contributed by atoms with E-state index in [1.54, 1.807) is 30.3 Å². The predicted molar refractivity (Wildman–Crippen MR) is 73.6 cm³/mol. The van der Waals surface area contributed by atoms with Crippen LogP contribution in [0.5, 0.6) is 0 Å². The van der Waals surface area contributed by atoms with Gasteiger partial charge < -0.3 is 5.11 Å². The summed E-state index contributed by atoms with van der Waals surface area (Å²) in [5, 5.41) is 10.1. The van der Waals surface area contributed by atoms with Gasteiger partial charge in [0.05, 0.1) is 15.6 Å². The Morgan fingerprint density at radius 3 is 2.39 bits per heavy atom. The van der Waals surface area contributed by atoms with E-state index in [1.165, 1.54) is 0 Å². The Balaban J connectivity index is 2.63. The Hall–Kier alpha value is -1.51. The van der Waals surface area contributed by atoms with Crippen LogP contribution in [0.2, 0.25) is 10.0 Å². The number of aryl methyl sites for hydroxylation is 1. The van der Waals surface area contributed by atoms with Gasteiger partial charge in [-0.25, -0.2) is 4.79 Å². The molecule has 0 radical (unpaired) electrons. The van der Waals surface area contributed by atoms with Gasteiger partial charge in [0.25, 0.3) is 0 Å². The molecule has 0 saturated carbocycles. The highest BCUT2D eigenvalue weighted by Gasteiger charge is 2.12. The number of hydrogen-bond acceptors (Lipinski definition) is 1. The second kappa shape index (κ2) is 5.01. The zero-order valence-corrected chi connectivity index (χ0v) is 11.1. The van der Waals surface area contributed by atoms with Crippen molar-refractivity contribution in [1.82, 2.24) is 0 Å². The normalized spacial score (nSPS) is 10.4. The number of halogens is 2. The molecule has 0 atom stereocenters. The van der Waals surface area contributed by atoms with E-state index in [9.17, 15) is 9.90 Å². The van der Waals surface area contributed by atoms with Crippen LogP contribution in [-0.4, -0.2) is 11.1 Å². The molecule has 18 heavy (non-hydrogen) atoms. The first-order valence-corrected chi connectivity index (χ1v) is 6.04. The van der Waals surface area contributed by atoms with Gasteiger partial charge >= 0.3 is 5.97 Å². The van der Waals surface area contributed by atoms with Gasteiger partial charge in [-0.2, -0.15) is 0 Å². The third-order valence-corrected chi connectivity index (χ3v) is 3.38. The molecule has 1 N–H and O–H groups in total. The van der Waals surface area contributed by atoms with Gasteiger partial charge in [0, 0.05) is 0 Å². The van der Waals surface area contributed by atoms with Gasteiger partial charge in [0.2, 0.25) is 0 Å². The minimum atomic E-state index is -0.959. The molecular weight excluding hydrogens is 271 g/mol. The van der Waals surface area contributed by atoms with Gasteiger partial charge in [0.1, 0.15) is 0 Å². The minimum absolute atomic E-state index is 0.258. The first-order valence-electron chi connectivity index (χ1n) is 5.28. The Kier molecular flexibility index (Phi) is 3.60. The number of benzene rings is 2. The second-order valence-corrected chi connectivity index (χ2v) is 4.80. The average Bonchev–Trinajstić information content (AvgIpc) is 2.32. The van der Waals surface area contributed by atoms with E-state index in [4.69, 9.17) is 23.2 Å². The molecule has 2 aromatic rings. The quantitative estimate of drug-likeness (QED) is 0.868. The highest BCUT2D eigenvalue weighted by molar-refractivity contribution is 6.42. The average molecular weight is 281 g/mol. The van der Waals surface area contributed by atoms with Crippen LogP contribution < -0.4 is 0 Å². The molecular formula is C14H10Cl2O2. The van der Waals surface area contributed by atoms with Crippen molar-refractivity contribution in [1.29, 1.82) is 0 Å². The van der Waals surface area contributed by atoms with Crippen molar-refractivity contribution in [3.05, 3.63) is 57.6 Å². The minimum Gasteiger partial charge on any atom is -0.478 e. The van der Waals surface area contributed by atoms with Crippen molar-refractivity contribution in [2.24, 2.45) is 0 Å². The molecule has 0 heterocycles. The fourth-order valence-corrected chi connectivity index (χ4v) is 2.05. The number of carboxylic acid groups (broad SMARTS) is 1. The van der Waals surface area contributed by atoms with Crippen LogP contribution in [0.1, 0.15) is 15.9 Å². The predicted octanol–water partition coefficient (Wildman–Crippen LogP) is 4.67. The second-order valence-electron chi connectivity index (χ2n) is 3.98. The zero-order chi connectivity index (χ0) is 13.3. The summed E-state index contributed by atoms with van der Waals surface area (Å²) in [4.78, 5) is 11.2. The molecule has 0 saturated heterocycles. The van der Waals surface area contributed by atoms with Crippen molar-refractivity contribution >= 4 is 29.2 Å². The van der Waals surface area contributed by atoms with Crippen molar-refractivity contribution in [3.63, 3.8) is 0 Å². The van der Waals surface area contributed by atoms with Crippen molar-refractivity contribution in [2.45, 2.75) is 6.92 Å². The van der Waals surface area contributed by atoms with Gasteiger partial charge in [-0.15, -0.1) is 0 Å². The Morgan fingerprint density at radius 1 is 1.06 bits per heavy atom. The lowest BCUT2D eigenvalue weighted by Crippen LogP contribution is -2.00. The number of aromatic carboxylic acids is 1. The van der Waals surface area contributed by atoms with Gasteiger partial charge in [-0.05, 0) is 36.2 Å². The highest BCUT2D eigenvalue weighted by Crippen LogP contribution is 2.30. The first-order chi connectivity index (χ1) is 8.49. The third-order valence-electron chi connectivity index (χ3n) is 2.64. The molecule has 2 rings (SSSR count). The van der Waals surface area contributed by atoms with Crippen LogP contribution in [-0.2, 0) is 0 Å². The van der Waals surface area contributed by atoms with Crippen LogP contribution in [0.25, 0.3) is 11.1 Å². The van der Waals surface area contributed by atoms with E-state index in [0.717, 1.165) is 11.1 Å². The monoisotopic (exact) mass is 280 g/mol. The van der Waals surface area contributed by atoms with Crippen LogP contribution in [0.3, 0.4) is 0 Å². The molecule has 2 aromatic carbocycles. The third kappa shape index (κ3) is 2.50. The molecule has 2 nitrogen and oxygen atoms in total. The summed E-state index contributed by atoms with van der Waals surface area (Å²) in [6.45, 7) is 1.85. The van der Waals surface area contributed by atoms with Gasteiger partial charge in [0.15, 0.2) is 0 Å². The topological polar surface area (TPSA) is 37.3 Å². The SMILES string of the molecule is Cc1ccc(-c2ccc(Cl)c(Cl)c2)c(C(=O)O)c1. The standard InChI is InChI=1S/C14H10Cl2O2/c1-8-2-4-10(11(6-8)14(17)18)9-3-5-12(15)13(16)7-9/h2-7H,1H3,(H,17,18). The van der Waals surface area contributed by atoms with Crippen molar-refractivity contribution in [3.8, 4) is 11.1 Å². The largest absolute Gasteiger partial charge is 0.478 e. The summed E-state index contributed by atoms with van der Waals surface area (Å²) >= 11 is 11.8. The maximum atomic E-state index is 11.2. The molecule has 0 fully saturated rings. The van der Waals surface area contributed by atoms with E-state index < -0.39 is 5.97 Å². The van der Waals surface area contributed by atoms with E-state index in [2.05, 4.69) is 0 Å². The Morgan fingerprint density at radius 2 is 1.78 bits per heavy atom. The molecule has 4 heteroatoms. The number of carboxylic acids is 1. The molecule has 0 aromatic heterocycles. The van der Waals surface area contributed by atoms with Crippen molar-refractivity contribution in [2.75, 3.05) is 0 Å². The molecule has 0 spiro atoms. The van der Waals surface area contributed by atoms with E-state index >= 15 is 0 Å². The molecule has 92 valence electrons. The summed E-state index contributed by atoms with van der Waals surface area (Å²) in [6.07, 6.45) is 0. The fourth-order valence-electron chi connectivity index (χ4n) is 1.75. The zero-order valence-electron chi connectivity index (χ0n) is 9.58. The van der Waals surface area contributed by atoms with Crippen LogP contribution >= 0.6 is 23.2 Å². The van der Waals surface area contributed by atoms with Gasteiger partial charge in [-0.3, -0.25) is 0 Å². The first kappa shape index (κ1) is 12.9. The number of rotatable bonds is 2.